The molecule has 1 aromatic rings. The van der Waals surface area contributed by atoms with Crippen molar-refractivity contribution in [3.05, 3.63) is 35.9 Å². The highest BCUT2D eigenvalue weighted by atomic mass is 31.2. The fraction of sp³-hybridized carbons (Fsp3) is 0.467. The number of rotatable bonds is 6. The van der Waals surface area contributed by atoms with E-state index in [1.54, 1.807) is 0 Å². The average Bonchev–Trinajstić information content (AvgIpc) is 3.00. The molecule has 0 radical (unpaired) electrons. The van der Waals surface area contributed by atoms with E-state index in [1.807, 2.05) is 30.3 Å². The van der Waals surface area contributed by atoms with Gasteiger partial charge in [-0.15, -0.1) is 0 Å². The predicted molar refractivity (Wildman–Crippen MR) is 84.9 cm³/mol. The van der Waals surface area contributed by atoms with Crippen molar-refractivity contribution in [2.24, 2.45) is 0 Å². The van der Waals surface area contributed by atoms with Crippen LogP contribution in [0.25, 0.3) is 0 Å². The van der Waals surface area contributed by atoms with E-state index in [2.05, 4.69) is 15.2 Å². The van der Waals surface area contributed by atoms with Crippen molar-refractivity contribution >= 4 is 19.5 Å². The van der Waals surface area contributed by atoms with Gasteiger partial charge in [0.25, 0.3) is 0 Å². The fourth-order valence-electron chi connectivity index (χ4n) is 2.45. The van der Waals surface area contributed by atoms with Gasteiger partial charge in [0.15, 0.2) is 0 Å². The third kappa shape index (κ3) is 5.78. The highest BCUT2D eigenvalue weighted by Gasteiger charge is 2.30. The van der Waals surface area contributed by atoms with Gasteiger partial charge in [0, 0.05) is 13.1 Å². The molecule has 1 aliphatic rings. The Morgan fingerprint density at radius 2 is 2.13 bits per heavy atom. The van der Waals surface area contributed by atoms with Crippen molar-refractivity contribution < 1.29 is 23.6 Å². The summed E-state index contributed by atoms with van der Waals surface area (Å²) in [6.07, 6.45) is 1.79. The van der Waals surface area contributed by atoms with E-state index >= 15 is 0 Å². The van der Waals surface area contributed by atoms with Crippen LogP contribution in [0.2, 0.25) is 0 Å². The lowest BCUT2D eigenvalue weighted by atomic mass is 10.1. The van der Waals surface area contributed by atoms with E-state index in [1.165, 1.54) is 0 Å². The predicted octanol–water partition coefficient (Wildman–Crippen LogP) is 0.824. The summed E-state index contributed by atoms with van der Waals surface area (Å²) in [5.41, 5.74) is 0.818. The first kappa shape index (κ1) is 17.7. The number of carbonyl (C=O) groups excluding carboxylic acids is 2. The average molecular weight is 340 g/mol. The van der Waals surface area contributed by atoms with Crippen LogP contribution in [0.1, 0.15) is 18.4 Å². The van der Waals surface area contributed by atoms with Crippen LogP contribution in [0.4, 0.5) is 0 Å². The molecule has 0 spiro atoms. The molecule has 0 aliphatic carbocycles. The van der Waals surface area contributed by atoms with Gasteiger partial charge in [-0.2, -0.15) is 0 Å². The number of benzene rings is 1. The first-order chi connectivity index (χ1) is 10.8. The SMILES string of the molecule is CP(=O)(O)OC(=O)[C@H](Cc1ccccc1)NC(=O)[C@@H]1CCCN1. The third-order valence-corrected chi connectivity index (χ3v) is 4.04. The Morgan fingerprint density at radius 3 is 2.70 bits per heavy atom. The quantitative estimate of drug-likeness (QED) is 0.663. The van der Waals surface area contributed by atoms with Crippen LogP contribution in [-0.4, -0.2) is 42.1 Å². The number of nitrogens with one attached hydrogen (secondary N) is 2. The number of hydrogen-bond acceptors (Lipinski definition) is 5. The third-order valence-electron chi connectivity index (χ3n) is 3.52. The molecular formula is C15H21N2O5P. The van der Waals surface area contributed by atoms with Crippen LogP contribution in [0.5, 0.6) is 0 Å². The van der Waals surface area contributed by atoms with Crippen molar-refractivity contribution in [1.82, 2.24) is 10.6 Å². The zero-order chi connectivity index (χ0) is 16.9. The Labute approximate surface area is 135 Å². The van der Waals surface area contributed by atoms with Crippen molar-refractivity contribution in [2.75, 3.05) is 13.2 Å². The minimum Gasteiger partial charge on any atom is -0.390 e. The van der Waals surface area contributed by atoms with E-state index in [4.69, 9.17) is 0 Å². The summed E-state index contributed by atoms with van der Waals surface area (Å²) < 4.78 is 15.9. The molecule has 2 rings (SSSR count). The fourth-order valence-corrected chi connectivity index (χ4v) is 2.92. The van der Waals surface area contributed by atoms with Crippen LogP contribution in [0, 0.1) is 0 Å². The Bertz CT molecular complexity index is 595. The molecule has 0 aromatic heterocycles. The molecule has 3 atom stereocenters. The highest BCUT2D eigenvalue weighted by molar-refractivity contribution is 7.52. The van der Waals surface area contributed by atoms with Crippen molar-refractivity contribution in [3.8, 4) is 0 Å². The second kappa shape index (κ2) is 7.73. The minimum atomic E-state index is -3.97. The maximum atomic E-state index is 12.2. The van der Waals surface area contributed by atoms with Gasteiger partial charge in [-0.25, -0.2) is 9.36 Å². The second-order valence-corrected chi connectivity index (χ2v) is 7.40. The van der Waals surface area contributed by atoms with Gasteiger partial charge in [-0.3, -0.25) is 4.79 Å². The van der Waals surface area contributed by atoms with Gasteiger partial charge in [-0.05, 0) is 24.9 Å². The minimum absolute atomic E-state index is 0.193. The molecule has 1 saturated heterocycles. The molecule has 1 aliphatic heterocycles. The van der Waals surface area contributed by atoms with Crippen LogP contribution in [-0.2, 0) is 25.1 Å². The van der Waals surface area contributed by atoms with E-state index in [-0.39, 0.29) is 18.4 Å². The molecule has 1 aromatic carbocycles. The monoisotopic (exact) mass is 340 g/mol. The summed E-state index contributed by atoms with van der Waals surface area (Å²) in [6.45, 7) is 1.69. The van der Waals surface area contributed by atoms with Crippen molar-refractivity contribution in [3.63, 3.8) is 0 Å². The number of hydrogen-bond donors (Lipinski definition) is 3. The summed E-state index contributed by atoms with van der Waals surface area (Å²) in [5, 5.41) is 5.67. The molecule has 1 heterocycles. The second-order valence-electron chi connectivity index (χ2n) is 5.61. The standard InChI is InChI=1S/C15H21N2O5P/c1-23(20,21)22-15(19)13(10-11-6-3-2-4-7-11)17-14(18)12-8-5-9-16-12/h2-4,6-7,12-13,16H,5,8-10H2,1H3,(H,17,18)(H,20,21)/t12-,13-/m0/s1. The van der Waals surface area contributed by atoms with Gasteiger partial charge in [0.2, 0.25) is 5.91 Å². The van der Waals surface area contributed by atoms with Crippen LogP contribution < -0.4 is 10.6 Å². The number of carbonyl (C=O) groups is 2. The molecule has 3 N–H and O–H groups in total. The zero-order valence-electron chi connectivity index (χ0n) is 12.9. The molecule has 1 amide bonds. The first-order valence-electron chi connectivity index (χ1n) is 7.46. The van der Waals surface area contributed by atoms with E-state index in [0.29, 0.717) is 6.42 Å². The molecule has 1 unspecified atom stereocenters. The molecular weight excluding hydrogens is 319 g/mol. The largest absolute Gasteiger partial charge is 0.390 e. The Kier molecular flexibility index (Phi) is 5.93. The van der Waals surface area contributed by atoms with E-state index < -0.39 is 19.6 Å². The molecule has 0 bridgehead atoms. The Morgan fingerprint density at radius 1 is 1.43 bits per heavy atom. The van der Waals surface area contributed by atoms with Gasteiger partial charge >= 0.3 is 13.6 Å². The Hall–Kier alpha value is -1.69. The molecule has 8 heteroatoms. The van der Waals surface area contributed by atoms with Gasteiger partial charge in [0.05, 0.1) is 6.04 Å². The van der Waals surface area contributed by atoms with Gasteiger partial charge < -0.3 is 20.1 Å². The lowest BCUT2D eigenvalue weighted by Crippen LogP contribution is -2.49. The van der Waals surface area contributed by atoms with E-state index in [9.17, 15) is 19.0 Å². The maximum Gasteiger partial charge on any atom is 0.375 e. The van der Waals surface area contributed by atoms with Crippen molar-refractivity contribution in [2.45, 2.75) is 31.3 Å². The van der Waals surface area contributed by atoms with Crippen LogP contribution in [0.15, 0.2) is 30.3 Å². The van der Waals surface area contributed by atoms with E-state index in [0.717, 1.165) is 25.2 Å². The summed E-state index contributed by atoms with van der Waals surface area (Å²) in [6, 6.07) is 7.74. The van der Waals surface area contributed by atoms with Gasteiger partial charge in [0.1, 0.15) is 6.04 Å². The zero-order valence-corrected chi connectivity index (χ0v) is 13.8. The molecule has 7 nitrogen and oxygen atoms in total. The van der Waals surface area contributed by atoms with Crippen LogP contribution >= 0.6 is 7.60 Å². The summed E-state index contributed by atoms with van der Waals surface area (Å²) in [5.74, 6) is -1.21. The summed E-state index contributed by atoms with van der Waals surface area (Å²) in [7, 11) is -3.97. The van der Waals surface area contributed by atoms with Gasteiger partial charge in [-0.1, -0.05) is 30.3 Å². The first-order valence-corrected chi connectivity index (χ1v) is 9.49. The topological polar surface area (TPSA) is 105 Å². The smallest absolute Gasteiger partial charge is 0.375 e. The lowest BCUT2D eigenvalue weighted by Gasteiger charge is -2.20. The van der Waals surface area contributed by atoms with Crippen molar-refractivity contribution in [1.29, 1.82) is 0 Å². The van der Waals surface area contributed by atoms with Crippen LogP contribution in [0.3, 0.4) is 0 Å². The molecule has 0 saturated carbocycles. The maximum absolute atomic E-state index is 12.2. The Balaban J connectivity index is 2.08. The molecule has 126 valence electrons. The summed E-state index contributed by atoms with van der Waals surface area (Å²) >= 11 is 0. The summed E-state index contributed by atoms with van der Waals surface area (Å²) in [4.78, 5) is 33.6. The number of amides is 1. The molecule has 23 heavy (non-hydrogen) atoms. The normalized spacial score (nSPS) is 21.2. The molecule has 1 fully saturated rings. The highest BCUT2D eigenvalue weighted by Crippen LogP contribution is 2.37. The lowest BCUT2D eigenvalue weighted by molar-refractivity contribution is -0.140.